The largest absolute Gasteiger partial charge is 0.496 e. The van der Waals surface area contributed by atoms with E-state index in [9.17, 15) is 14.4 Å². The molecule has 1 fully saturated rings. The zero-order valence-corrected chi connectivity index (χ0v) is 22.7. The van der Waals surface area contributed by atoms with Crippen LogP contribution in [0.1, 0.15) is 44.7 Å². The Hall–Kier alpha value is -3.87. The Bertz CT molecular complexity index is 1460. The first-order valence-corrected chi connectivity index (χ1v) is 13.2. The van der Waals surface area contributed by atoms with Crippen LogP contribution in [0.3, 0.4) is 0 Å². The Morgan fingerprint density at radius 2 is 1.87 bits per heavy atom. The molecule has 0 atom stereocenters. The molecule has 198 valence electrons. The zero-order valence-electron chi connectivity index (χ0n) is 22.7. The number of carbonyl (C=O) groups excluding carboxylic acids is 3. The van der Waals surface area contributed by atoms with Crippen LogP contribution < -0.4 is 4.74 Å². The van der Waals surface area contributed by atoms with Crippen molar-refractivity contribution < 1.29 is 19.1 Å². The lowest BCUT2D eigenvalue weighted by Crippen LogP contribution is -2.50. The summed E-state index contributed by atoms with van der Waals surface area (Å²) in [6.07, 6.45) is 2.47. The van der Waals surface area contributed by atoms with Gasteiger partial charge in [0.05, 0.1) is 24.7 Å². The van der Waals surface area contributed by atoms with Gasteiger partial charge in [-0.3, -0.25) is 14.4 Å². The molecule has 2 aliphatic rings. The predicted octanol–water partition coefficient (Wildman–Crippen LogP) is 4.38. The number of amides is 2. The highest BCUT2D eigenvalue weighted by Gasteiger charge is 2.32. The molecule has 0 radical (unpaired) electrons. The molecule has 0 spiro atoms. The predicted molar refractivity (Wildman–Crippen MR) is 147 cm³/mol. The number of carbonyl (C=O) groups is 3. The molecule has 0 saturated carbocycles. The lowest BCUT2D eigenvalue weighted by atomic mass is 9.94. The summed E-state index contributed by atoms with van der Waals surface area (Å²) in [4.78, 5) is 42.6. The molecular weight excluding hydrogens is 478 g/mol. The van der Waals surface area contributed by atoms with Crippen molar-refractivity contribution in [3.8, 4) is 5.75 Å². The number of aromatic nitrogens is 1. The van der Waals surface area contributed by atoms with Gasteiger partial charge in [0.2, 0.25) is 5.91 Å². The quantitative estimate of drug-likeness (QED) is 0.440. The number of Topliss-reactive ketones (excluding diaryl/α,β-unsaturated/α-hetero) is 1. The second-order valence-corrected chi connectivity index (χ2v) is 10.7. The maximum atomic E-state index is 14.0. The van der Waals surface area contributed by atoms with E-state index in [0.29, 0.717) is 38.2 Å². The van der Waals surface area contributed by atoms with Crippen LogP contribution in [0.4, 0.5) is 0 Å². The second kappa shape index (κ2) is 10.1. The van der Waals surface area contributed by atoms with E-state index in [4.69, 9.17) is 4.74 Å². The zero-order chi connectivity index (χ0) is 27.1. The minimum Gasteiger partial charge on any atom is -0.496 e. The molecule has 3 aromatic rings. The molecule has 0 unspecified atom stereocenters. The Morgan fingerprint density at radius 3 is 2.58 bits per heavy atom. The van der Waals surface area contributed by atoms with Crippen molar-refractivity contribution in [2.45, 2.75) is 46.7 Å². The van der Waals surface area contributed by atoms with Gasteiger partial charge in [-0.25, -0.2) is 0 Å². The Kier molecular flexibility index (Phi) is 6.86. The molecule has 2 aromatic carbocycles. The number of benzene rings is 2. The van der Waals surface area contributed by atoms with Gasteiger partial charge < -0.3 is 19.1 Å². The van der Waals surface area contributed by atoms with Crippen LogP contribution >= 0.6 is 0 Å². The molecule has 38 heavy (non-hydrogen) atoms. The lowest BCUT2D eigenvalue weighted by molar-refractivity contribution is -0.134. The van der Waals surface area contributed by atoms with Crippen LogP contribution in [0.15, 0.2) is 43.0 Å². The highest BCUT2D eigenvalue weighted by molar-refractivity contribution is 6.09. The molecule has 1 saturated heterocycles. The highest BCUT2D eigenvalue weighted by atomic mass is 16.5. The summed E-state index contributed by atoms with van der Waals surface area (Å²) in [5.41, 5.74) is 6.86. The average molecular weight is 514 g/mol. The van der Waals surface area contributed by atoms with Crippen molar-refractivity contribution in [3.63, 3.8) is 0 Å². The van der Waals surface area contributed by atoms with E-state index in [1.807, 2.05) is 42.4 Å². The summed E-state index contributed by atoms with van der Waals surface area (Å²) in [6.45, 7) is 12.1. The first-order valence-electron chi connectivity index (χ1n) is 13.2. The number of rotatable bonds is 7. The number of ketones is 1. The van der Waals surface area contributed by atoms with Gasteiger partial charge in [0.1, 0.15) is 5.75 Å². The Morgan fingerprint density at radius 1 is 1.11 bits per heavy atom. The highest BCUT2D eigenvalue weighted by Crippen LogP contribution is 2.34. The second-order valence-electron chi connectivity index (χ2n) is 10.7. The minimum absolute atomic E-state index is 0.00487. The van der Waals surface area contributed by atoms with E-state index in [2.05, 4.69) is 24.8 Å². The monoisotopic (exact) mass is 513 g/mol. The summed E-state index contributed by atoms with van der Waals surface area (Å²) in [5, 5.41) is 0.903. The number of ether oxygens (including phenoxy) is 1. The van der Waals surface area contributed by atoms with Crippen molar-refractivity contribution in [1.82, 2.24) is 14.4 Å². The normalized spacial score (nSPS) is 15.3. The van der Waals surface area contributed by atoms with Crippen LogP contribution in [0.25, 0.3) is 10.9 Å². The SMILES string of the molecule is C=CC(=O)N1CC(CC(=O)Cn2c(C)c(C(=O)N3CCc4c(cccc4OC)C3)c3cc(C)cc(C)c32)C1. The standard InChI is InChI=1S/C31H35N3O4/c1-6-28(36)33-15-22(16-33)14-24(35)18-34-21(4)29(26-13-19(2)12-20(3)30(26)34)31(37)32-11-10-25-23(17-32)8-7-9-27(25)38-5/h6-9,12-13,22H,1,10-11,14-18H2,2-5H3. The Labute approximate surface area is 223 Å². The molecule has 0 N–H and O–H groups in total. The number of hydrogen-bond donors (Lipinski definition) is 0. The van der Waals surface area contributed by atoms with Gasteiger partial charge in [0.15, 0.2) is 5.78 Å². The lowest BCUT2D eigenvalue weighted by Gasteiger charge is -2.38. The van der Waals surface area contributed by atoms with Gasteiger partial charge in [0, 0.05) is 55.2 Å². The average Bonchev–Trinajstić information content (AvgIpc) is 3.14. The van der Waals surface area contributed by atoms with Crippen LogP contribution in [-0.4, -0.2) is 58.7 Å². The van der Waals surface area contributed by atoms with E-state index < -0.39 is 0 Å². The van der Waals surface area contributed by atoms with E-state index >= 15 is 0 Å². The molecule has 1 aromatic heterocycles. The van der Waals surface area contributed by atoms with Gasteiger partial charge in [0.25, 0.3) is 5.91 Å². The molecule has 3 heterocycles. The van der Waals surface area contributed by atoms with Crippen LogP contribution in [-0.2, 0) is 29.1 Å². The third-order valence-corrected chi connectivity index (χ3v) is 7.99. The molecule has 2 aliphatic heterocycles. The van der Waals surface area contributed by atoms with Crippen molar-refractivity contribution in [1.29, 1.82) is 0 Å². The van der Waals surface area contributed by atoms with E-state index in [1.165, 1.54) is 11.6 Å². The first kappa shape index (κ1) is 25.8. The fourth-order valence-corrected chi connectivity index (χ4v) is 6.14. The van der Waals surface area contributed by atoms with Crippen LogP contribution in [0, 0.1) is 26.7 Å². The summed E-state index contributed by atoms with van der Waals surface area (Å²) < 4.78 is 7.56. The molecule has 0 bridgehead atoms. The van der Waals surface area contributed by atoms with Crippen molar-refractivity contribution in [2.24, 2.45) is 5.92 Å². The molecule has 7 nitrogen and oxygen atoms in total. The molecular formula is C31H35N3O4. The number of likely N-dealkylation sites (tertiary alicyclic amines) is 1. The van der Waals surface area contributed by atoms with Crippen molar-refractivity contribution in [2.75, 3.05) is 26.7 Å². The first-order chi connectivity index (χ1) is 18.2. The molecule has 0 aliphatic carbocycles. The number of nitrogens with zero attached hydrogens (tertiary/aromatic N) is 3. The minimum atomic E-state index is -0.0890. The topological polar surface area (TPSA) is 71.9 Å². The van der Waals surface area contributed by atoms with Crippen molar-refractivity contribution >= 4 is 28.5 Å². The number of methoxy groups -OCH3 is 1. The third-order valence-electron chi connectivity index (χ3n) is 7.99. The van der Waals surface area contributed by atoms with E-state index in [-0.39, 0.29) is 30.1 Å². The van der Waals surface area contributed by atoms with Gasteiger partial charge in [-0.15, -0.1) is 0 Å². The van der Waals surface area contributed by atoms with Gasteiger partial charge in [-0.2, -0.15) is 0 Å². The van der Waals surface area contributed by atoms with E-state index in [0.717, 1.165) is 45.5 Å². The van der Waals surface area contributed by atoms with Crippen molar-refractivity contribution in [3.05, 3.63) is 76.5 Å². The van der Waals surface area contributed by atoms with Gasteiger partial charge in [-0.05, 0) is 56.5 Å². The molecule has 7 heteroatoms. The van der Waals surface area contributed by atoms with Crippen LogP contribution in [0.5, 0.6) is 5.75 Å². The fourth-order valence-electron chi connectivity index (χ4n) is 6.14. The maximum absolute atomic E-state index is 14.0. The van der Waals surface area contributed by atoms with Gasteiger partial charge >= 0.3 is 0 Å². The number of fused-ring (bicyclic) bond motifs is 2. The summed E-state index contributed by atoms with van der Waals surface area (Å²) in [7, 11) is 1.68. The molecule has 2 amide bonds. The molecule has 5 rings (SSSR count). The summed E-state index contributed by atoms with van der Waals surface area (Å²) in [6, 6.07) is 10.2. The van der Waals surface area contributed by atoms with Gasteiger partial charge in [-0.1, -0.05) is 30.3 Å². The number of aryl methyl sites for hydroxylation is 2. The number of hydrogen-bond acceptors (Lipinski definition) is 4. The summed E-state index contributed by atoms with van der Waals surface area (Å²) in [5.74, 6) is 1.06. The summed E-state index contributed by atoms with van der Waals surface area (Å²) >= 11 is 0. The van der Waals surface area contributed by atoms with Crippen LogP contribution in [0.2, 0.25) is 0 Å². The Balaban J connectivity index is 1.43. The maximum Gasteiger partial charge on any atom is 0.256 e. The smallest absolute Gasteiger partial charge is 0.256 e. The third kappa shape index (κ3) is 4.51. The van der Waals surface area contributed by atoms with E-state index in [1.54, 1.807) is 12.0 Å². The fraction of sp³-hybridized carbons (Fsp3) is 0.387.